The standard InChI is InChI=1S/C33H35N5O2/c1-5-34-30-35-21-28-26-20-25(22-10-7-6-8-11-22)29(36-27(26)16-19-38(28)30)23-12-14-24(15-13-23)33(17-9-18-33)37-31(39)40-32(2,3)4/h6-8,10-16,19-21H,5,9,17-18H2,1-4H3,(H,34,35)(H,37,39). The van der Waals surface area contributed by atoms with E-state index in [9.17, 15) is 4.79 Å². The van der Waals surface area contributed by atoms with Crippen LogP contribution in [0.15, 0.2) is 79.1 Å². The summed E-state index contributed by atoms with van der Waals surface area (Å²) in [7, 11) is 0. The largest absolute Gasteiger partial charge is 0.444 e. The molecule has 0 atom stereocenters. The molecule has 0 spiro atoms. The van der Waals surface area contributed by atoms with Crippen molar-refractivity contribution in [1.82, 2.24) is 19.7 Å². The number of benzene rings is 2. The Morgan fingerprint density at radius 3 is 2.42 bits per heavy atom. The first-order valence-corrected chi connectivity index (χ1v) is 14.0. The van der Waals surface area contributed by atoms with Crippen LogP contribution in [-0.4, -0.2) is 32.6 Å². The highest BCUT2D eigenvalue weighted by Gasteiger charge is 2.41. The highest BCUT2D eigenvalue weighted by Crippen LogP contribution is 2.43. The summed E-state index contributed by atoms with van der Waals surface area (Å²) in [5.74, 6) is 0.824. The summed E-state index contributed by atoms with van der Waals surface area (Å²) in [6, 6.07) is 23.1. The number of carbonyl (C=O) groups excluding carboxylic acids is 1. The van der Waals surface area contributed by atoms with Crippen molar-refractivity contribution in [2.75, 3.05) is 11.9 Å². The van der Waals surface area contributed by atoms with Gasteiger partial charge in [0.25, 0.3) is 0 Å². The molecule has 7 nitrogen and oxygen atoms in total. The molecule has 0 unspecified atom stereocenters. The fourth-order valence-corrected chi connectivity index (χ4v) is 5.52. The Labute approximate surface area is 234 Å². The number of pyridine rings is 2. The first-order chi connectivity index (χ1) is 19.3. The van der Waals surface area contributed by atoms with Gasteiger partial charge in [-0.2, -0.15) is 0 Å². The Morgan fingerprint density at radius 2 is 1.77 bits per heavy atom. The van der Waals surface area contributed by atoms with Gasteiger partial charge in [-0.25, -0.2) is 14.8 Å². The highest BCUT2D eigenvalue weighted by atomic mass is 16.6. The molecule has 1 fully saturated rings. The monoisotopic (exact) mass is 533 g/mol. The zero-order valence-electron chi connectivity index (χ0n) is 23.5. The summed E-state index contributed by atoms with van der Waals surface area (Å²) < 4.78 is 7.64. The number of hydrogen-bond acceptors (Lipinski definition) is 5. The minimum Gasteiger partial charge on any atom is -0.444 e. The number of amides is 1. The van der Waals surface area contributed by atoms with E-state index in [-0.39, 0.29) is 6.09 Å². The van der Waals surface area contributed by atoms with Crippen molar-refractivity contribution in [3.05, 3.63) is 84.7 Å². The van der Waals surface area contributed by atoms with Crippen LogP contribution in [0.3, 0.4) is 0 Å². The number of anilines is 1. The lowest BCUT2D eigenvalue weighted by Gasteiger charge is -2.43. The third-order valence-corrected chi connectivity index (χ3v) is 7.58. The molecule has 2 aromatic carbocycles. The molecule has 0 saturated heterocycles. The minimum atomic E-state index is -0.537. The quantitative estimate of drug-likeness (QED) is 0.235. The lowest BCUT2D eigenvalue weighted by Crippen LogP contribution is -2.52. The van der Waals surface area contributed by atoms with E-state index in [1.807, 2.05) is 45.3 Å². The predicted octanol–water partition coefficient (Wildman–Crippen LogP) is 7.55. The molecule has 1 amide bonds. The second kappa shape index (κ2) is 9.97. The van der Waals surface area contributed by atoms with E-state index in [2.05, 4.69) is 81.5 Å². The number of fused-ring (bicyclic) bond motifs is 3. The maximum Gasteiger partial charge on any atom is 0.408 e. The van der Waals surface area contributed by atoms with E-state index in [0.29, 0.717) is 0 Å². The Hall–Kier alpha value is -4.39. The molecule has 3 aromatic heterocycles. The minimum absolute atomic E-state index is 0.373. The average Bonchev–Trinajstić information content (AvgIpc) is 3.33. The van der Waals surface area contributed by atoms with Crippen LogP contribution in [-0.2, 0) is 10.3 Å². The lowest BCUT2D eigenvalue weighted by molar-refractivity contribution is 0.0377. The van der Waals surface area contributed by atoms with Crippen LogP contribution >= 0.6 is 0 Å². The summed E-state index contributed by atoms with van der Waals surface area (Å²) in [5, 5.41) is 7.54. The van der Waals surface area contributed by atoms with Gasteiger partial charge in [-0.1, -0.05) is 54.6 Å². The van der Waals surface area contributed by atoms with Crippen LogP contribution in [0.25, 0.3) is 38.8 Å². The Kier molecular flexibility index (Phi) is 6.45. The molecule has 5 aromatic rings. The van der Waals surface area contributed by atoms with E-state index >= 15 is 0 Å². The Balaban J connectivity index is 1.42. The van der Waals surface area contributed by atoms with Crippen molar-refractivity contribution >= 4 is 28.5 Å². The van der Waals surface area contributed by atoms with Crippen LogP contribution in [0.5, 0.6) is 0 Å². The highest BCUT2D eigenvalue weighted by molar-refractivity contribution is 5.99. The van der Waals surface area contributed by atoms with E-state index in [1.165, 1.54) is 0 Å². The van der Waals surface area contributed by atoms with Gasteiger partial charge in [0, 0.05) is 29.3 Å². The zero-order valence-corrected chi connectivity index (χ0v) is 23.5. The molecular weight excluding hydrogens is 498 g/mol. The van der Waals surface area contributed by atoms with Gasteiger partial charge < -0.3 is 15.4 Å². The van der Waals surface area contributed by atoms with Crippen molar-refractivity contribution in [2.24, 2.45) is 0 Å². The number of ether oxygens (including phenoxy) is 1. The second-order valence-electron chi connectivity index (χ2n) is 11.5. The molecule has 0 bridgehead atoms. The lowest BCUT2D eigenvalue weighted by atomic mass is 9.71. The number of nitrogens with zero attached hydrogens (tertiary/aromatic N) is 3. The molecule has 2 N–H and O–H groups in total. The number of nitrogens with one attached hydrogen (secondary N) is 2. The van der Waals surface area contributed by atoms with Gasteiger partial charge in [0.2, 0.25) is 5.95 Å². The number of rotatable bonds is 6. The summed E-state index contributed by atoms with van der Waals surface area (Å²) >= 11 is 0. The zero-order chi connectivity index (χ0) is 27.9. The molecule has 0 radical (unpaired) electrons. The van der Waals surface area contributed by atoms with E-state index in [1.54, 1.807) is 0 Å². The third-order valence-electron chi connectivity index (χ3n) is 7.58. The summed E-state index contributed by atoms with van der Waals surface area (Å²) in [6.45, 7) is 8.52. The van der Waals surface area contributed by atoms with Gasteiger partial charge in [-0.15, -0.1) is 0 Å². The molecule has 6 rings (SSSR count). The Bertz CT molecular complexity index is 1680. The van der Waals surface area contributed by atoms with Gasteiger partial charge in [-0.3, -0.25) is 4.40 Å². The number of aromatic nitrogens is 3. The van der Waals surface area contributed by atoms with Crippen molar-refractivity contribution < 1.29 is 9.53 Å². The van der Waals surface area contributed by atoms with Crippen LogP contribution in [0.1, 0.15) is 52.5 Å². The van der Waals surface area contributed by atoms with Crippen molar-refractivity contribution in [1.29, 1.82) is 0 Å². The summed E-state index contributed by atoms with van der Waals surface area (Å²) in [6.07, 6.45) is 6.41. The Morgan fingerprint density at radius 1 is 1.02 bits per heavy atom. The number of alkyl carbamates (subject to hydrolysis) is 1. The molecule has 40 heavy (non-hydrogen) atoms. The summed E-state index contributed by atoms with van der Waals surface area (Å²) in [4.78, 5) is 22.4. The van der Waals surface area contributed by atoms with Crippen LogP contribution in [0.4, 0.5) is 10.7 Å². The molecular formula is C33H35N5O2. The molecule has 3 heterocycles. The molecule has 1 aliphatic carbocycles. The first kappa shape index (κ1) is 25.9. The van der Waals surface area contributed by atoms with Crippen molar-refractivity contribution in [2.45, 2.75) is 58.1 Å². The number of imidazole rings is 1. The number of hydrogen-bond donors (Lipinski definition) is 2. The van der Waals surface area contributed by atoms with Crippen LogP contribution in [0, 0.1) is 0 Å². The van der Waals surface area contributed by atoms with E-state index in [0.717, 1.165) is 76.1 Å². The topological polar surface area (TPSA) is 80.5 Å². The predicted molar refractivity (Wildman–Crippen MR) is 160 cm³/mol. The molecule has 1 saturated carbocycles. The molecule has 204 valence electrons. The van der Waals surface area contributed by atoms with Gasteiger partial charge in [0.05, 0.1) is 28.5 Å². The van der Waals surface area contributed by atoms with Gasteiger partial charge in [-0.05, 0) is 70.2 Å². The van der Waals surface area contributed by atoms with Gasteiger partial charge in [0.1, 0.15) is 5.60 Å². The smallest absolute Gasteiger partial charge is 0.408 e. The normalized spacial score (nSPS) is 14.6. The molecule has 1 aliphatic rings. The molecule has 7 heteroatoms. The van der Waals surface area contributed by atoms with Crippen LogP contribution in [0.2, 0.25) is 0 Å². The number of carbonyl (C=O) groups is 1. The van der Waals surface area contributed by atoms with Crippen molar-refractivity contribution in [3.63, 3.8) is 0 Å². The summed E-state index contributed by atoms with van der Waals surface area (Å²) in [5.41, 5.74) is 6.20. The average molecular weight is 534 g/mol. The first-order valence-electron chi connectivity index (χ1n) is 14.0. The SMILES string of the molecule is CCNc1ncc2c3cc(-c4ccccc4)c(-c4ccc(C5(NC(=O)OC(C)(C)C)CCC5)cc4)nc3ccn12. The fraction of sp³-hybridized carbons (Fsp3) is 0.303. The third kappa shape index (κ3) is 4.76. The van der Waals surface area contributed by atoms with Crippen LogP contribution < -0.4 is 10.6 Å². The molecule has 0 aliphatic heterocycles. The maximum absolute atomic E-state index is 12.6. The van der Waals surface area contributed by atoms with Gasteiger partial charge >= 0.3 is 6.09 Å². The van der Waals surface area contributed by atoms with Crippen molar-refractivity contribution in [3.8, 4) is 22.4 Å². The van der Waals surface area contributed by atoms with E-state index < -0.39 is 11.1 Å². The maximum atomic E-state index is 12.6. The van der Waals surface area contributed by atoms with E-state index in [4.69, 9.17) is 9.72 Å². The fourth-order valence-electron chi connectivity index (χ4n) is 5.52. The second-order valence-corrected chi connectivity index (χ2v) is 11.5. The van der Waals surface area contributed by atoms with Gasteiger partial charge in [0.15, 0.2) is 0 Å².